The Labute approximate surface area is 97.9 Å². The first kappa shape index (κ1) is 10.8. The third-order valence-electron chi connectivity index (χ3n) is 1.92. The largest absolute Gasteiger partial charge is 0.363 e. The van der Waals surface area contributed by atoms with Gasteiger partial charge in [-0.15, -0.1) is 10.2 Å². The maximum atomic E-state index is 5.63. The van der Waals surface area contributed by atoms with Crippen LogP contribution in [0.1, 0.15) is 11.5 Å². The zero-order valence-electron chi connectivity index (χ0n) is 8.68. The molecule has 0 spiro atoms. The Kier molecular flexibility index (Phi) is 3.26. The summed E-state index contributed by atoms with van der Waals surface area (Å²) in [6, 6.07) is 5.30. The normalized spacial score (nSPS) is 10.1. The molecule has 16 heavy (non-hydrogen) atoms. The third kappa shape index (κ3) is 2.87. The van der Waals surface area contributed by atoms with Gasteiger partial charge in [0.1, 0.15) is 11.6 Å². The van der Waals surface area contributed by atoms with Gasteiger partial charge in [0, 0.05) is 6.20 Å². The molecule has 82 valence electrons. The predicted octanol–water partition coefficient (Wildman–Crippen LogP) is 1.84. The van der Waals surface area contributed by atoms with Crippen molar-refractivity contribution in [1.29, 1.82) is 0 Å². The standard InChI is InChI=1S/C10H10ClN5/c1-7-12-5-4-8(14-7)6-13-10-3-2-9(11)15-16-10/h2-5H,6H2,1H3,(H,13,16). The monoisotopic (exact) mass is 235 g/mol. The molecule has 0 bridgehead atoms. The average molecular weight is 236 g/mol. The molecular weight excluding hydrogens is 226 g/mol. The summed E-state index contributed by atoms with van der Waals surface area (Å²) < 4.78 is 0. The first-order valence-electron chi connectivity index (χ1n) is 4.76. The molecule has 1 N–H and O–H groups in total. The lowest BCUT2D eigenvalue weighted by Crippen LogP contribution is -2.04. The van der Waals surface area contributed by atoms with Gasteiger partial charge in [-0.05, 0) is 25.1 Å². The van der Waals surface area contributed by atoms with Gasteiger partial charge in [-0.25, -0.2) is 9.97 Å². The number of hydrogen-bond donors (Lipinski definition) is 1. The molecular formula is C10H10ClN5. The van der Waals surface area contributed by atoms with Crippen molar-refractivity contribution in [3.8, 4) is 0 Å². The lowest BCUT2D eigenvalue weighted by molar-refractivity contribution is 0.936. The number of anilines is 1. The topological polar surface area (TPSA) is 63.6 Å². The summed E-state index contributed by atoms with van der Waals surface area (Å²) in [7, 11) is 0. The number of nitrogens with zero attached hydrogens (tertiary/aromatic N) is 4. The van der Waals surface area contributed by atoms with Crippen LogP contribution in [0.2, 0.25) is 5.15 Å². The highest BCUT2D eigenvalue weighted by Crippen LogP contribution is 2.07. The fourth-order valence-corrected chi connectivity index (χ4v) is 1.30. The van der Waals surface area contributed by atoms with Crippen LogP contribution in [0.15, 0.2) is 24.4 Å². The molecule has 2 aromatic heterocycles. The molecule has 0 fully saturated rings. The molecule has 0 aromatic carbocycles. The molecule has 0 radical (unpaired) electrons. The molecule has 6 heteroatoms. The number of aryl methyl sites for hydroxylation is 1. The molecule has 2 heterocycles. The van der Waals surface area contributed by atoms with Crippen LogP contribution in [0.4, 0.5) is 5.82 Å². The van der Waals surface area contributed by atoms with E-state index in [9.17, 15) is 0 Å². The minimum absolute atomic E-state index is 0.378. The van der Waals surface area contributed by atoms with Crippen LogP contribution in [0.5, 0.6) is 0 Å². The van der Waals surface area contributed by atoms with Crippen molar-refractivity contribution < 1.29 is 0 Å². The molecule has 0 saturated heterocycles. The Morgan fingerprint density at radius 2 is 2.12 bits per heavy atom. The maximum Gasteiger partial charge on any atom is 0.151 e. The summed E-state index contributed by atoms with van der Waals surface area (Å²) in [5.74, 6) is 1.42. The molecule has 5 nitrogen and oxygen atoms in total. The van der Waals surface area contributed by atoms with Crippen molar-refractivity contribution in [2.24, 2.45) is 0 Å². The smallest absolute Gasteiger partial charge is 0.151 e. The fraction of sp³-hybridized carbons (Fsp3) is 0.200. The minimum atomic E-state index is 0.378. The number of nitrogens with one attached hydrogen (secondary N) is 1. The van der Waals surface area contributed by atoms with E-state index in [4.69, 9.17) is 11.6 Å². The Morgan fingerprint density at radius 3 is 2.81 bits per heavy atom. The van der Waals surface area contributed by atoms with Gasteiger partial charge >= 0.3 is 0 Å². The highest BCUT2D eigenvalue weighted by atomic mass is 35.5. The van der Waals surface area contributed by atoms with Crippen molar-refractivity contribution >= 4 is 17.4 Å². The number of hydrogen-bond acceptors (Lipinski definition) is 5. The fourth-order valence-electron chi connectivity index (χ4n) is 1.19. The second kappa shape index (κ2) is 4.85. The molecule has 0 saturated carbocycles. The molecule has 2 rings (SSSR count). The van der Waals surface area contributed by atoms with Crippen LogP contribution >= 0.6 is 11.6 Å². The summed E-state index contributed by atoms with van der Waals surface area (Å²) >= 11 is 5.63. The first-order valence-corrected chi connectivity index (χ1v) is 5.13. The molecule has 0 aliphatic rings. The van der Waals surface area contributed by atoms with E-state index in [1.54, 1.807) is 18.3 Å². The van der Waals surface area contributed by atoms with Crippen molar-refractivity contribution in [3.05, 3.63) is 41.1 Å². The number of halogens is 1. The summed E-state index contributed by atoms with van der Waals surface area (Å²) in [5, 5.41) is 11.1. The lowest BCUT2D eigenvalue weighted by Gasteiger charge is -2.04. The van der Waals surface area contributed by atoms with E-state index >= 15 is 0 Å². The minimum Gasteiger partial charge on any atom is -0.363 e. The van der Waals surface area contributed by atoms with Crippen LogP contribution in [-0.4, -0.2) is 20.2 Å². The molecule has 0 unspecified atom stereocenters. The average Bonchev–Trinajstić information content (AvgIpc) is 2.28. The van der Waals surface area contributed by atoms with E-state index in [1.165, 1.54) is 0 Å². The zero-order valence-corrected chi connectivity index (χ0v) is 9.44. The van der Waals surface area contributed by atoms with E-state index in [0.717, 1.165) is 11.5 Å². The Morgan fingerprint density at radius 1 is 1.25 bits per heavy atom. The third-order valence-corrected chi connectivity index (χ3v) is 2.12. The van der Waals surface area contributed by atoms with E-state index < -0.39 is 0 Å². The van der Waals surface area contributed by atoms with Gasteiger partial charge in [-0.2, -0.15) is 0 Å². The van der Waals surface area contributed by atoms with Crippen molar-refractivity contribution in [1.82, 2.24) is 20.2 Å². The summed E-state index contributed by atoms with van der Waals surface area (Å²) in [4.78, 5) is 8.28. The van der Waals surface area contributed by atoms with Crippen molar-refractivity contribution in [3.63, 3.8) is 0 Å². The van der Waals surface area contributed by atoms with E-state index in [2.05, 4.69) is 25.5 Å². The van der Waals surface area contributed by atoms with Crippen LogP contribution in [-0.2, 0) is 6.54 Å². The molecule has 0 atom stereocenters. The first-order chi connectivity index (χ1) is 7.74. The van der Waals surface area contributed by atoms with Gasteiger partial charge in [0.25, 0.3) is 0 Å². The van der Waals surface area contributed by atoms with Gasteiger partial charge in [-0.1, -0.05) is 11.6 Å². The summed E-state index contributed by atoms with van der Waals surface area (Å²) in [5.41, 5.74) is 0.907. The van der Waals surface area contributed by atoms with Gasteiger partial charge in [0.05, 0.1) is 12.2 Å². The second-order valence-corrected chi connectivity index (χ2v) is 3.58. The SMILES string of the molecule is Cc1nccc(CNc2ccc(Cl)nn2)n1. The van der Waals surface area contributed by atoms with Crippen molar-refractivity contribution in [2.45, 2.75) is 13.5 Å². The molecule has 0 amide bonds. The molecule has 2 aromatic rings. The van der Waals surface area contributed by atoms with Crippen LogP contribution in [0.3, 0.4) is 0 Å². The Balaban J connectivity index is 1.99. The highest BCUT2D eigenvalue weighted by molar-refractivity contribution is 6.29. The van der Waals surface area contributed by atoms with E-state index in [1.807, 2.05) is 13.0 Å². The maximum absolute atomic E-state index is 5.63. The summed E-state index contributed by atoms with van der Waals surface area (Å²) in [6.45, 7) is 2.44. The van der Waals surface area contributed by atoms with E-state index in [0.29, 0.717) is 17.5 Å². The second-order valence-electron chi connectivity index (χ2n) is 3.19. The highest BCUT2D eigenvalue weighted by Gasteiger charge is 1.98. The lowest BCUT2D eigenvalue weighted by atomic mass is 10.4. The Bertz CT molecular complexity index is 471. The van der Waals surface area contributed by atoms with Gasteiger partial charge < -0.3 is 5.32 Å². The quantitative estimate of drug-likeness (QED) is 0.880. The van der Waals surface area contributed by atoms with Gasteiger partial charge in [-0.3, -0.25) is 0 Å². The number of aromatic nitrogens is 4. The predicted molar refractivity (Wildman–Crippen MR) is 61.1 cm³/mol. The van der Waals surface area contributed by atoms with Gasteiger partial charge in [0.2, 0.25) is 0 Å². The van der Waals surface area contributed by atoms with E-state index in [-0.39, 0.29) is 0 Å². The van der Waals surface area contributed by atoms with Crippen molar-refractivity contribution in [2.75, 3.05) is 5.32 Å². The molecule has 0 aliphatic heterocycles. The zero-order chi connectivity index (χ0) is 11.4. The number of rotatable bonds is 3. The van der Waals surface area contributed by atoms with Crippen LogP contribution < -0.4 is 5.32 Å². The summed E-state index contributed by atoms with van der Waals surface area (Å²) in [6.07, 6.45) is 1.73. The van der Waals surface area contributed by atoms with Gasteiger partial charge in [0.15, 0.2) is 5.15 Å². The van der Waals surface area contributed by atoms with Crippen LogP contribution in [0, 0.1) is 6.92 Å². The molecule has 0 aliphatic carbocycles. The van der Waals surface area contributed by atoms with Crippen LogP contribution in [0.25, 0.3) is 0 Å². The Hall–Kier alpha value is -1.75.